The topological polar surface area (TPSA) is 51.2 Å². The molecule has 0 aliphatic rings. The lowest BCUT2D eigenvalue weighted by molar-refractivity contribution is -0.174. The molecule has 1 heterocycles. The second-order valence-corrected chi connectivity index (χ2v) is 3.78. The summed E-state index contributed by atoms with van der Waals surface area (Å²) in [6, 6.07) is 2.90. The van der Waals surface area contributed by atoms with Gasteiger partial charge in [-0.2, -0.15) is 13.2 Å². The Hall–Kier alpha value is -1.50. The molecule has 0 spiro atoms. The van der Waals surface area contributed by atoms with Crippen LogP contribution in [0.4, 0.5) is 13.2 Å². The Balaban J connectivity index is 2.66. The first-order chi connectivity index (χ1) is 7.32. The molecule has 1 aromatic rings. The van der Waals surface area contributed by atoms with Crippen LogP contribution in [0.5, 0.6) is 0 Å². The number of rotatable bonds is 4. The van der Waals surface area contributed by atoms with Gasteiger partial charge in [-0.25, -0.2) is 0 Å². The molecule has 0 saturated heterocycles. The lowest BCUT2D eigenvalue weighted by atomic mass is 10.1. The molecular weight excluding hydrogens is 245 g/mol. The minimum atomic E-state index is -5.22. The number of carbonyl (C=O) groups excluding carboxylic acids is 3. The molecule has 1 aromatic heterocycles. The van der Waals surface area contributed by atoms with Crippen LogP contribution in [0.15, 0.2) is 17.5 Å². The third kappa shape index (κ3) is 2.99. The minimum Gasteiger partial charge on any atom is -0.293 e. The molecule has 86 valence electrons. The summed E-state index contributed by atoms with van der Waals surface area (Å²) < 4.78 is 35.4. The smallest absolute Gasteiger partial charge is 0.293 e. The maximum atomic E-state index is 11.8. The van der Waals surface area contributed by atoms with Gasteiger partial charge in [0, 0.05) is 0 Å². The van der Waals surface area contributed by atoms with E-state index in [-0.39, 0.29) is 4.88 Å². The van der Waals surface area contributed by atoms with Gasteiger partial charge in [-0.15, -0.1) is 11.3 Å². The summed E-state index contributed by atoms with van der Waals surface area (Å²) in [6.07, 6.45) is -6.26. The average molecular weight is 250 g/mol. The van der Waals surface area contributed by atoms with Crippen LogP contribution < -0.4 is 0 Å². The van der Waals surface area contributed by atoms with Gasteiger partial charge in [0.1, 0.15) is 0 Å². The van der Waals surface area contributed by atoms with Crippen LogP contribution in [0.25, 0.3) is 0 Å². The number of alkyl halides is 3. The molecule has 0 aromatic carbocycles. The highest BCUT2D eigenvalue weighted by Gasteiger charge is 2.43. The largest absolute Gasteiger partial charge is 0.458 e. The summed E-state index contributed by atoms with van der Waals surface area (Å²) >= 11 is 0.998. The third-order valence-corrected chi connectivity index (χ3v) is 2.54. The van der Waals surface area contributed by atoms with E-state index in [4.69, 9.17) is 0 Å². The number of carbonyl (C=O) groups is 3. The van der Waals surface area contributed by atoms with Gasteiger partial charge in [0.15, 0.2) is 5.78 Å². The second kappa shape index (κ2) is 4.56. The molecule has 7 heteroatoms. The Morgan fingerprint density at radius 3 is 2.31 bits per heavy atom. The summed E-state index contributed by atoms with van der Waals surface area (Å²) in [7, 11) is 0. The zero-order valence-electron chi connectivity index (χ0n) is 7.71. The fourth-order valence-corrected chi connectivity index (χ4v) is 1.57. The normalized spacial score (nSPS) is 11.2. The highest BCUT2D eigenvalue weighted by atomic mass is 32.1. The molecule has 0 bridgehead atoms. The van der Waals surface area contributed by atoms with E-state index in [0.29, 0.717) is 0 Å². The minimum absolute atomic E-state index is 0.156. The summed E-state index contributed by atoms with van der Waals surface area (Å²) in [5.41, 5.74) is 0. The van der Waals surface area contributed by atoms with Gasteiger partial charge in [0.05, 0.1) is 11.3 Å². The highest BCUT2D eigenvalue weighted by Crippen LogP contribution is 2.18. The maximum Gasteiger partial charge on any atom is 0.458 e. The van der Waals surface area contributed by atoms with Crippen molar-refractivity contribution in [3.63, 3.8) is 0 Å². The van der Waals surface area contributed by atoms with E-state index in [1.165, 1.54) is 12.1 Å². The van der Waals surface area contributed by atoms with Gasteiger partial charge in [0.25, 0.3) is 0 Å². The van der Waals surface area contributed by atoms with Gasteiger partial charge in [0.2, 0.25) is 5.78 Å². The van der Waals surface area contributed by atoms with Crippen molar-refractivity contribution in [1.82, 2.24) is 0 Å². The first kappa shape index (κ1) is 12.6. The Bertz CT molecular complexity index is 420. The maximum absolute atomic E-state index is 11.8. The summed E-state index contributed by atoms with van der Waals surface area (Å²) in [4.78, 5) is 32.6. The van der Waals surface area contributed by atoms with Crippen molar-refractivity contribution >= 4 is 28.7 Å². The number of ketones is 3. The molecule has 1 rings (SSSR count). The average Bonchev–Trinajstić information content (AvgIpc) is 2.67. The van der Waals surface area contributed by atoms with Gasteiger partial charge in [-0.1, -0.05) is 6.07 Å². The molecule has 0 aliphatic carbocycles. The Labute approximate surface area is 91.9 Å². The van der Waals surface area contributed by atoms with Crippen molar-refractivity contribution in [2.24, 2.45) is 0 Å². The predicted molar refractivity (Wildman–Crippen MR) is 49.3 cm³/mol. The number of Topliss-reactive ketones (excluding diaryl/α,β-unsaturated/α-hetero) is 3. The fourth-order valence-electron chi connectivity index (χ4n) is 0.909. The molecular formula is C9H5F3O3S. The molecule has 3 nitrogen and oxygen atoms in total. The Morgan fingerprint density at radius 1 is 1.25 bits per heavy atom. The van der Waals surface area contributed by atoms with E-state index >= 15 is 0 Å². The molecule has 0 radical (unpaired) electrons. The molecule has 0 amide bonds. The number of hydrogen-bond acceptors (Lipinski definition) is 4. The molecule has 0 saturated carbocycles. The molecule has 0 fully saturated rings. The van der Waals surface area contributed by atoms with Crippen molar-refractivity contribution in [2.75, 3.05) is 0 Å². The van der Waals surface area contributed by atoms with Gasteiger partial charge in [-0.3, -0.25) is 14.4 Å². The fraction of sp³-hybridized carbons (Fsp3) is 0.222. The molecule has 16 heavy (non-hydrogen) atoms. The quantitative estimate of drug-likeness (QED) is 0.466. The van der Waals surface area contributed by atoms with Gasteiger partial charge in [-0.05, 0) is 11.4 Å². The highest BCUT2D eigenvalue weighted by molar-refractivity contribution is 7.12. The van der Waals surface area contributed by atoms with E-state index < -0.39 is 29.9 Å². The zero-order chi connectivity index (χ0) is 12.3. The lowest BCUT2D eigenvalue weighted by Gasteiger charge is -2.02. The first-order valence-corrected chi connectivity index (χ1v) is 4.91. The zero-order valence-corrected chi connectivity index (χ0v) is 8.52. The van der Waals surface area contributed by atoms with Crippen molar-refractivity contribution in [2.45, 2.75) is 12.6 Å². The monoisotopic (exact) mass is 250 g/mol. The van der Waals surface area contributed by atoms with E-state index in [9.17, 15) is 27.6 Å². The van der Waals surface area contributed by atoms with Crippen LogP contribution in [0.3, 0.4) is 0 Å². The molecule has 0 N–H and O–H groups in total. The van der Waals surface area contributed by atoms with Gasteiger partial charge >= 0.3 is 12.0 Å². The summed E-state index contributed by atoms with van der Waals surface area (Å²) in [5, 5.41) is 1.54. The predicted octanol–water partition coefficient (Wildman–Crippen LogP) is 2.02. The standard InChI is InChI=1S/C9H5F3O3S/c10-9(11,12)8(15)6(14)4-5(13)7-2-1-3-16-7/h1-3H,4H2. The summed E-state index contributed by atoms with van der Waals surface area (Å²) in [6.45, 7) is 0. The molecule has 0 atom stereocenters. The Morgan fingerprint density at radius 2 is 1.88 bits per heavy atom. The van der Waals surface area contributed by atoms with Crippen molar-refractivity contribution in [3.8, 4) is 0 Å². The SMILES string of the molecule is O=C(CC(=O)c1cccs1)C(=O)C(F)(F)F. The first-order valence-electron chi connectivity index (χ1n) is 4.03. The second-order valence-electron chi connectivity index (χ2n) is 2.83. The summed E-state index contributed by atoms with van der Waals surface area (Å²) in [5.74, 6) is -5.00. The number of hydrogen-bond donors (Lipinski definition) is 0. The molecule has 0 unspecified atom stereocenters. The van der Waals surface area contributed by atoms with Crippen LogP contribution in [0.2, 0.25) is 0 Å². The van der Waals surface area contributed by atoms with E-state index in [1.54, 1.807) is 5.38 Å². The van der Waals surface area contributed by atoms with Gasteiger partial charge < -0.3 is 0 Å². The van der Waals surface area contributed by atoms with E-state index in [1.807, 2.05) is 0 Å². The van der Waals surface area contributed by atoms with E-state index in [2.05, 4.69) is 0 Å². The Kier molecular flexibility index (Phi) is 3.58. The van der Waals surface area contributed by atoms with Crippen molar-refractivity contribution < 1.29 is 27.6 Å². The van der Waals surface area contributed by atoms with Crippen molar-refractivity contribution in [3.05, 3.63) is 22.4 Å². The van der Waals surface area contributed by atoms with Crippen molar-refractivity contribution in [1.29, 1.82) is 0 Å². The van der Waals surface area contributed by atoms with Crippen LogP contribution in [0, 0.1) is 0 Å². The number of halogens is 3. The lowest BCUT2D eigenvalue weighted by Crippen LogP contribution is -2.31. The molecule has 0 aliphatic heterocycles. The third-order valence-electron chi connectivity index (χ3n) is 1.63. The van der Waals surface area contributed by atoms with Crippen LogP contribution in [0.1, 0.15) is 16.1 Å². The van der Waals surface area contributed by atoms with Crippen LogP contribution >= 0.6 is 11.3 Å². The van der Waals surface area contributed by atoms with Crippen LogP contribution in [-0.2, 0) is 9.59 Å². The van der Waals surface area contributed by atoms with Crippen LogP contribution in [-0.4, -0.2) is 23.5 Å². The van der Waals surface area contributed by atoms with E-state index in [0.717, 1.165) is 11.3 Å². The number of thiophene rings is 1.